The van der Waals surface area contributed by atoms with Crippen LogP contribution < -0.4 is 11.1 Å². The first kappa shape index (κ1) is 13.4. The summed E-state index contributed by atoms with van der Waals surface area (Å²) in [5.41, 5.74) is 6.97. The summed E-state index contributed by atoms with van der Waals surface area (Å²) in [6.45, 7) is 0. The smallest absolute Gasteiger partial charge is 0.258 e. The Balaban J connectivity index is 1.90. The molecule has 5 heteroatoms. The van der Waals surface area contributed by atoms with Gasteiger partial charge in [0.2, 0.25) is 0 Å². The third kappa shape index (κ3) is 2.80. The summed E-state index contributed by atoms with van der Waals surface area (Å²) >= 11 is 5.92. The zero-order valence-corrected chi connectivity index (χ0v) is 11.8. The molecule has 3 aromatic rings. The molecule has 0 radical (unpaired) electrons. The van der Waals surface area contributed by atoms with Gasteiger partial charge in [0.1, 0.15) is 5.15 Å². The number of fused-ring (bicyclic) bond motifs is 1. The van der Waals surface area contributed by atoms with Crippen molar-refractivity contribution in [3.05, 3.63) is 65.4 Å². The molecule has 0 aliphatic rings. The first-order chi connectivity index (χ1) is 10.1. The topological polar surface area (TPSA) is 68.0 Å². The molecule has 3 rings (SSSR count). The predicted octanol–water partition coefficient (Wildman–Crippen LogP) is 3.72. The Bertz CT molecular complexity index is 833. The Hall–Kier alpha value is -2.59. The lowest BCUT2D eigenvalue weighted by atomic mass is 10.1. The van der Waals surface area contributed by atoms with E-state index in [4.69, 9.17) is 17.3 Å². The summed E-state index contributed by atoms with van der Waals surface area (Å²) in [4.78, 5) is 16.1. The lowest BCUT2D eigenvalue weighted by Gasteiger charge is -2.08. The molecule has 1 heterocycles. The highest BCUT2D eigenvalue weighted by Crippen LogP contribution is 2.21. The maximum atomic E-state index is 12.2. The number of hydrogen-bond donors (Lipinski definition) is 2. The molecule has 21 heavy (non-hydrogen) atoms. The Morgan fingerprint density at radius 2 is 1.86 bits per heavy atom. The number of carbonyl (C=O) groups is 1. The van der Waals surface area contributed by atoms with Crippen molar-refractivity contribution in [2.24, 2.45) is 0 Å². The maximum Gasteiger partial charge on any atom is 0.258 e. The van der Waals surface area contributed by atoms with Gasteiger partial charge in [-0.1, -0.05) is 41.9 Å². The van der Waals surface area contributed by atoms with Gasteiger partial charge in [0.25, 0.3) is 5.91 Å². The van der Waals surface area contributed by atoms with Crippen LogP contribution in [0.5, 0.6) is 0 Å². The number of amides is 1. The number of hydrogen-bond acceptors (Lipinski definition) is 3. The highest BCUT2D eigenvalue weighted by molar-refractivity contribution is 6.33. The average molecular weight is 298 g/mol. The molecule has 0 aliphatic heterocycles. The van der Waals surface area contributed by atoms with Crippen LogP contribution in [0.1, 0.15) is 10.4 Å². The summed E-state index contributed by atoms with van der Waals surface area (Å²) < 4.78 is 0. The normalized spacial score (nSPS) is 10.5. The molecule has 104 valence electrons. The molecule has 0 unspecified atom stereocenters. The molecule has 0 aliphatic carbocycles. The number of halogens is 1. The van der Waals surface area contributed by atoms with E-state index in [1.807, 2.05) is 42.5 Å². The van der Waals surface area contributed by atoms with Crippen molar-refractivity contribution in [2.75, 3.05) is 11.1 Å². The lowest BCUT2D eigenvalue weighted by Crippen LogP contribution is -2.13. The fourth-order valence-electron chi connectivity index (χ4n) is 2.09. The Labute approximate surface area is 126 Å². The number of anilines is 2. The van der Waals surface area contributed by atoms with Gasteiger partial charge in [-0.15, -0.1) is 0 Å². The second kappa shape index (κ2) is 5.42. The Morgan fingerprint density at radius 3 is 2.67 bits per heavy atom. The fourth-order valence-corrected chi connectivity index (χ4v) is 2.28. The van der Waals surface area contributed by atoms with E-state index < -0.39 is 0 Å². The first-order valence-electron chi connectivity index (χ1n) is 6.34. The van der Waals surface area contributed by atoms with Crippen LogP contribution in [-0.4, -0.2) is 10.9 Å². The van der Waals surface area contributed by atoms with Gasteiger partial charge in [0, 0.05) is 5.69 Å². The number of benzene rings is 2. The van der Waals surface area contributed by atoms with Crippen molar-refractivity contribution in [3.63, 3.8) is 0 Å². The van der Waals surface area contributed by atoms with Crippen LogP contribution in [0.15, 0.2) is 54.7 Å². The summed E-state index contributed by atoms with van der Waals surface area (Å²) in [6, 6.07) is 15.1. The van der Waals surface area contributed by atoms with E-state index >= 15 is 0 Å². The van der Waals surface area contributed by atoms with Crippen LogP contribution in [0.3, 0.4) is 0 Å². The summed E-state index contributed by atoms with van der Waals surface area (Å²) in [5, 5.41) is 5.09. The minimum Gasteiger partial charge on any atom is -0.397 e. The van der Waals surface area contributed by atoms with Gasteiger partial charge >= 0.3 is 0 Å². The van der Waals surface area contributed by atoms with Gasteiger partial charge in [0.15, 0.2) is 0 Å². The summed E-state index contributed by atoms with van der Waals surface area (Å²) in [5.74, 6) is -0.338. The van der Waals surface area contributed by atoms with E-state index in [9.17, 15) is 4.79 Å². The number of nitrogens with two attached hydrogens (primary N) is 1. The molecular weight excluding hydrogens is 286 g/mol. The van der Waals surface area contributed by atoms with Gasteiger partial charge in [-0.05, 0) is 29.0 Å². The number of rotatable bonds is 2. The second-order valence-electron chi connectivity index (χ2n) is 4.62. The van der Waals surface area contributed by atoms with Crippen LogP contribution in [0.2, 0.25) is 5.15 Å². The van der Waals surface area contributed by atoms with E-state index in [1.54, 1.807) is 0 Å². The molecule has 0 saturated carbocycles. The molecule has 0 spiro atoms. The van der Waals surface area contributed by atoms with Gasteiger partial charge < -0.3 is 11.1 Å². The zero-order valence-electron chi connectivity index (χ0n) is 11.0. The fraction of sp³-hybridized carbons (Fsp3) is 0. The van der Waals surface area contributed by atoms with Crippen LogP contribution >= 0.6 is 11.6 Å². The van der Waals surface area contributed by atoms with E-state index in [0.29, 0.717) is 11.4 Å². The molecule has 0 saturated heterocycles. The maximum absolute atomic E-state index is 12.2. The number of pyridine rings is 1. The first-order valence-corrected chi connectivity index (χ1v) is 6.72. The average Bonchev–Trinajstić information content (AvgIpc) is 2.49. The summed E-state index contributed by atoms with van der Waals surface area (Å²) in [6.07, 6.45) is 1.41. The largest absolute Gasteiger partial charge is 0.397 e. The highest BCUT2D eigenvalue weighted by atomic mass is 35.5. The monoisotopic (exact) mass is 297 g/mol. The van der Waals surface area contributed by atoms with E-state index in [-0.39, 0.29) is 16.6 Å². The van der Waals surface area contributed by atoms with Gasteiger partial charge in [-0.25, -0.2) is 4.98 Å². The highest BCUT2D eigenvalue weighted by Gasteiger charge is 2.12. The molecule has 0 fully saturated rings. The Morgan fingerprint density at radius 1 is 1.10 bits per heavy atom. The minimum absolute atomic E-state index is 0.127. The number of nitrogen functional groups attached to an aromatic ring is 1. The zero-order chi connectivity index (χ0) is 14.8. The van der Waals surface area contributed by atoms with Crippen LogP contribution in [0.25, 0.3) is 10.8 Å². The number of nitrogens with zero attached hydrogens (tertiary/aromatic N) is 1. The predicted molar refractivity (Wildman–Crippen MR) is 85.6 cm³/mol. The lowest BCUT2D eigenvalue weighted by molar-refractivity contribution is 0.102. The minimum atomic E-state index is -0.338. The van der Waals surface area contributed by atoms with E-state index in [2.05, 4.69) is 10.3 Å². The van der Waals surface area contributed by atoms with Crippen molar-refractivity contribution in [2.45, 2.75) is 0 Å². The number of nitrogens with one attached hydrogen (secondary N) is 1. The van der Waals surface area contributed by atoms with Gasteiger partial charge in [-0.3, -0.25) is 4.79 Å². The molecule has 0 bridgehead atoms. The van der Waals surface area contributed by atoms with Crippen LogP contribution in [-0.2, 0) is 0 Å². The van der Waals surface area contributed by atoms with Crippen LogP contribution in [0, 0.1) is 0 Å². The third-order valence-electron chi connectivity index (χ3n) is 3.11. The SMILES string of the molecule is Nc1cnc(Cl)c(C(=O)Nc2ccc3ccccc3c2)c1. The van der Waals surface area contributed by atoms with Crippen LogP contribution in [0.4, 0.5) is 11.4 Å². The van der Waals surface area contributed by atoms with E-state index in [1.165, 1.54) is 12.3 Å². The third-order valence-corrected chi connectivity index (χ3v) is 3.41. The molecule has 4 nitrogen and oxygen atoms in total. The molecule has 2 aromatic carbocycles. The van der Waals surface area contributed by atoms with Gasteiger partial charge in [-0.2, -0.15) is 0 Å². The molecule has 0 atom stereocenters. The Kier molecular flexibility index (Phi) is 3.46. The standard InChI is InChI=1S/C16H12ClN3O/c17-15-14(8-12(18)9-19-15)16(21)20-13-6-5-10-3-1-2-4-11(10)7-13/h1-9H,18H2,(H,20,21). The van der Waals surface area contributed by atoms with Crippen molar-refractivity contribution >= 4 is 39.7 Å². The van der Waals surface area contributed by atoms with E-state index in [0.717, 1.165) is 10.8 Å². The quantitative estimate of drug-likeness (QED) is 0.708. The molecular formula is C16H12ClN3O. The second-order valence-corrected chi connectivity index (χ2v) is 4.98. The van der Waals surface area contributed by atoms with Crippen molar-refractivity contribution in [3.8, 4) is 0 Å². The number of aromatic nitrogens is 1. The molecule has 1 aromatic heterocycles. The molecule has 3 N–H and O–H groups in total. The van der Waals surface area contributed by atoms with Crippen molar-refractivity contribution < 1.29 is 4.79 Å². The van der Waals surface area contributed by atoms with Crippen molar-refractivity contribution in [1.82, 2.24) is 4.98 Å². The molecule has 1 amide bonds. The van der Waals surface area contributed by atoms with Crippen molar-refractivity contribution in [1.29, 1.82) is 0 Å². The number of carbonyl (C=O) groups excluding carboxylic acids is 1. The van der Waals surface area contributed by atoms with Gasteiger partial charge in [0.05, 0.1) is 17.4 Å². The summed E-state index contributed by atoms with van der Waals surface area (Å²) in [7, 11) is 0.